The number of ether oxygens (including phenoxy) is 3. The molecule has 6 aliphatic rings. The van der Waals surface area contributed by atoms with Crippen molar-refractivity contribution >= 4 is 5.97 Å². The van der Waals surface area contributed by atoms with Crippen molar-refractivity contribution in [3.05, 3.63) is 46.3 Å². The molecule has 218 valence electrons. The van der Waals surface area contributed by atoms with E-state index in [9.17, 15) is 15.0 Å². The number of aliphatic hydroxyl groups is 2. The van der Waals surface area contributed by atoms with Crippen LogP contribution in [0.4, 0.5) is 0 Å². The van der Waals surface area contributed by atoms with Crippen LogP contribution in [0.1, 0.15) is 88.6 Å². The molecule has 0 aromatic carbocycles. The Bertz CT molecular complexity index is 1350. The highest BCUT2D eigenvalue weighted by molar-refractivity contribution is 5.91. The number of nitrogens with zero attached hydrogens (tertiary/aromatic N) is 1. The number of carbonyl (C=O) groups is 1. The first-order valence-corrected chi connectivity index (χ1v) is 15.2. The third kappa shape index (κ3) is 3.29. The molecule has 7 rings (SSSR count). The van der Waals surface area contributed by atoms with Crippen LogP contribution in [0.25, 0.3) is 0 Å². The van der Waals surface area contributed by atoms with Gasteiger partial charge in [-0.25, -0.2) is 4.79 Å². The van der Waals surface area contributed by atoms with E-state index < -0.39 is 41.1 Å². The van der Waals surface area contributed by atoms with Gasteiger partial charge in [-0.2, -0.15) is 0 Å². The summed E-state index contributed by atoms with van der Waals surface area (Å²) in [6.07, 6.45) is 4.70. The minimum atomic E-state index is -1.70. The van der Waals surface area contributed by atoms with Crippen molar-refractivity contribution in [2.24, 2.45) is 34.5 Å². The smallest absolute Gasteiger partial charge is 0.340 e. The Morgan fingerprint density at radius 1 is 1.15 bits per heavy atom. The van der Waals surface area contributed by atoms with Crippen LogP contribution in [0.2, 0.25) is 0 Å². The lowest BCUT2D eigenvalue weighted by molar-refractivity contribution is -0.312. The normalized spacial score (nSPS) is 44.3. The second-order valence-electron chi connectivity index (χ2n) is 14.9. The molecule has 7 heteroatoms. The van der Waals surface area contributed by atoms with Gasteiger partial charge in [-0.1, -0.05) is 32.9 Å². The summed E-state index contributed by atoms with van der Waals surface area (Å²) in [6.45, 7) is 16.7. The van der Waals surface area contributed by atoms with Crippen LogP contribution in [-0.2, 0) is 14.2 Å². The Kier molecular flexibility index (Phi) is 5.47. The first-order chi connectivity index (χ1) is 18.6. The van der Waals surface area contributed by atoms with Gasteiger partial charge < -0.3 is 29.0 Å². The van der Waals surface area contributed by atoms with Gasteiger partial charge in [0.25, 0.3) is 0 Å². The van der Waals surface area contributed by atoms with Gasteiger partial charge >= 0.3 is 5.97 Å². The van der Waals surface area contributed by atoms with Gasteiger partial charge in [0, 0.05) is 23.3 Å². The molecule has 9 atom stereocenters. The molecule has 0 radical (unpaired) electrons. The third-order valence-corrected chi connectivity index (χ3v) is 11.8. The van der Waals surface area contributed by atoms with E-state index >= 15 is 0 Å². The maximum absolute atomic E-state index is 13.9. The summed E-state index contributed by atoms with van der Waals surface area (Å²) in [6, 6.07) is 2.36. The van der Waals surface area contributed by atoms with E-state index in [4.69, 9.17) is 14.2 Å². The summed E-state index contributed by atoms with van der Waals surface area (Å²) in [5, 5.41) is 25.7. The number of aliphatic hydroxyl groups excluding tert-OH is 1. The fourth-order valence-electron chi connectivity index (χ4n) is 9.66. The zero-order chi connectivity index (χ0) is 28.7. The van der Waals surface area contributed by atoms with Crippen LogP contribution in [0, 0.1) is 48.3 Å². The van der Waals surface area contributed by atoms with E-state index in [0.717, 1.165) is 41.8 Å². The van der Waals surface area contributed by atoms with Crippen molar-refractivity contribution in [1.29, 1.82) is 0 Å². The van der Waals surface area contributed by atoms with E-state index in [0.29, 0.717) is 30.0 Å². The maximum Gasteiger partial charge on any atom is 0.340 e. The quantitative estimate of drug-likeness (QED) is 0.405. The van der Waals surface area contributed by atoms with Crippen LogP contribution in [0.3, 0.4) is 0 Å². The van der Waals surface area contributed by atoms with E-state index in [1.54, 1.807) is 0 Å². The van der Waals surface area contributed by atoms with E-state index in [2.05, 4.69) is 31.4 Å². The molecule has 3 saturated carbocycles. The van der Waals surface area contributed by atoms with Crippen LogP contribution < -0.4 is 0 Å². The van der Waals surface area contributed by atoms with Crippen LogP contribution in [0.5, 0.6) is 0 Å². The molecule has 1 saturated heterocycles. The number of hydrogen-bond acceptors (Lipinski definition) is 6. The lowest BCUT2D eigenvalue weighted by atomic mass is 9.58. The molecule has 2 bridgehead atoms. The molecule has 7 nitrogen and oxygen atoms in total. The maximum atomic E-state index is 13.9. The highest BCUT2D eigenvalue weighted by Gasteiger charge is 2.77. The highest BCUT2D eigenvalue weighted by atomic mass is 16.7. The second-order valence-corrected chi connectivity index (χ2v) is 14.9. The number of carbonyl (C=O) groups excluding carboxylic acids is 1. The van der Waals surface area contributed by atoms with Crippen LogP contribution >= 0.6 is 0 Å². The number of aromatic nitrogens is 1. The number of hydrogen-bond donors (Lipinski definition) is 2. The van der Waals surface area contributed by atoms with Crippen molar-refractivity contribution in [3.63, 3.8) is 0 Å². The average molecular weight is 552 g/mol. The molecule has 1 spiro atoms. The zero-order valence-corrected chi connectivity index (χ0v) is 25.2. The minimum Gasteiger partial charge on any atom is -0.451 e. The Hall–Kier alpha value is -1.93. The van der Waals surface area contributed by atoms with Gasteiger partial charge in [-0.05, 0) is 94.3 Å². The van der Waals surface area contributed by atoms with E-state index in [-0.39, 0.29) is 17.3 Å². The summed E-state index contributed by atoms with van der Waals surface area (Å²) in [7, 11) is 0. The van der Waals surface area contributed by atoms with Crippen molar-refractivity contribution in [2.75, 3.05) is 6.61 Å². The number of rotatable bonds is 3. The summed E-state index contributed by atoms with van der Waals surface area (Å²) in [5.74, 6) is -0.848. The van der Waals surface area contributed by atoms with Crippen LogP contribution in [-0.4, -0.2) is 57.1 Å². The SMILES string of the molecule is CC1=C[C@]23C(O)[C@@H](C=C4COC(C)(C)O[C@H]4[C@]2(O)[C@H]1OC(=O)c1cc(C)n(C2CC2)c1C)[C@H]1[C@@H](C[C@H]3C)C1(C)C. The first-order valence-electron chi connectivity index (χ1n) is 15.2. The monoisotopic (exact) mass is 551 g/mol. The Labute approximate surface area is 237 Å². The molecule has 40 heavy (non-hydrogen) atoms. The second kappa shape index (κ2) is 8.12. The molecular weight excluding hydrogens is 506 g/mol. The summed E-state index contributed by atoms with van der Waals surface area (Å²) >= 11 is 0. The standard InChI is InChI=1S/C33H45NO6/c1-16-14-32-17(2)11-24-25(30(24,5)6)23(26(32)35)13-20-15-38-31(7,8)40-28(20)33(32,37)27(16)39-29(36)22-12-18(3)34(19(22)4)21-9-10-21/h12-14,17,21,23-28,35,37H,9-11,15H2,1-8H3/t17-,23+,24-,25+,26?,27+,28-,32+,33-/m1/s1. The van der Waals surface area contributed by atoms with Crippen molar-refractivity contribution < 1.29 is 29.2 Å². The molecule has 1 unspecified atom stereocenters. The molecule has 2 N–H and O–H groups in total. The molecule has 2 heterocycles. The van der Waals surface area contributed by atoms with Crippen molar-refractivity contribution in [3.8, 4) is 0 Å². The molecule has 1 aliphatic heterocycles. The zero-order valence-electron chi connectivity index (χ0n) is 25.2. The fourth-order valence-corrected chi connectivity index (χ4v) is 9.66. The van der Waals surface area contributed by atoms with Gasteiger partial charge in [0.05, 0.1) is 23.7 Å². The van der Waals surface area contributed by atoms with Gasteiger partial charge in [0.15, 0.2) is 11.9 Å². The molecule has 1 aromatic heterocycles. The van der Waals surface area contributed by atoms with Gasteiger partial charge in [-0.3, -0.25) is 0 Å². The lowest BCUT2D eigenvalue weighted by Crippen LogP contribution is -2.69. The molecule has 5 aliphatic carbocycles. The lowest BCUT2D eigenvalue weighted by Gasteiger charge is -2.55. The van der Waals surface area contributed by atoms with E-state index in [1.165, 1.54) is 0 Å². The van der Waals surface area contributed by atoms with Crippen molar-refractivity contribution in [2.45, 2.75) is 110 Å². The summed E-state index contributed by atoms with van der Waals surface area (Å²) in [5.41, 5.74) is 1.45. The topological polar surface area (TPSA) is 90.2 Å². The first kappa shape index (κ1) is 26.9. The predicted molar refractivity (Wildman–Crippen MR) is 150 cm³/mol. The van der Waals surface area contributed by atoms with Gasteiger partial charge in [-0.15, -0.1) is 0 Å². The highest BCUT2D eigenvalue weighted by Crippen LogP contribution is 2.73. The Balaban J connectivity index is 1.35. The van der Waals surface area contributed by atoms with Crippen LogP contribution in [0.15, 0.2) is 29.4 Å². The van der Waals surface area contributed by atoms with E-state index in [1.807, 2.05) is 46.8 Å². The predicted octanol–water partition coefficient (Wildman–Crippen LogP) is 5.02. The van der Waals surface area contributed by atoms with Crippen molar-refractivity contribution in [1.82, 2.24) is 4.57 Å². The number of esters is 1. The number of aryl methyl sites for hydroxylation is 1. The molecule has 1 aromatic rings. The minimum absolute atomic E-state index is 0.0623. The third-order valence-electron chi connectivity index (χ3n) is 11.8. The van der Waals surface area contributed by atoms with Gasteiger partial charge in [0.1, 0.15) is 11.7 Å². The molecular formula is C33H45NO6. The Morgan fingerprint density at radius 3 is 2.52 bits per heavy atom. The molecule has 0 amide bonds. The summed E-state index contributed by atoms with van der Waals surface area (Å²) in [4.78, 5) is 13.9. The van der Waals surface area contributed by atoms with Gasteiger partial charge in [0.2, 0.25) is 0 Å². The number of fused-ring (bicyclic) bond motifs is 5. The fraction of sp³-hybridized carbons (Fsp3) is 0.727. The Morgan fingerprint density at radius 2 is 1.85 bits per heavy atom. The average Bonchev–Trinajstić information content (AvgIpc) is 3.75. The molecule has 4 fully saturated rings. The summed E-state index contributed by atoms with van der Waals surface area (Å²) < 4.78 is 21.3. The largest absolute Gasteiger partial charge is 0.451 e.